The highest BCUT2D eigenvalue weighted by molar-refractivity contribution is 6.12. The van der Waals surface area contributed by atoms with Crippen LogP contribution in [0.2, 0.25) is 0 Å². The summed E-state index contributed by atoms with van der Waals surface area (Å²) in [6.45, 7) is 6.19. The van der Waals surface area contributed by atoms with Crippen molar-refractivity contribution in [2.75, 3.05) is 0 Å². The number of hydrogen-bond acceptors (Lipinski definition) is 2. The van der Waals surface area contributed by atoms with Gasteiger partial charge >= 0.3 is 0 Å². The predicted octanol–water partition coefficient (Wildman–Crippen LogP) is 4.40. The van der Waals surface area contributed by atoms with Gasteiger partial charge in [0, 0.05) is 22.4 Å². The average molecular weight is 303 g/mol. The lowest BCUT2D eigenvalue weighted by Crippen LogP contribution is -2.31. The Morgan fingerprint density at radius 3 is 2.52 bits per heavy atom. The fourth-order valence-electron chi connectivity index (χ4n) is 3.41. The number of fused-ring (bicyclic) bond motifs is 3. The normalized spacial score (nSPS) is 11.5. The molecule has 0 N–H and O–H groups in total. The van der Waals surface area contributed by atoms with Crippen LogP contribution in [0.5, 0.6) is 0 Å². The molecule has 0 aliphatic rings. The molecule has 0 amide bonds. The fraction of sp³-hybridized carbons (Fsp3) is 0.200. The Morgan fingerprint density at radius 2 is 1.74 bits per heavy atom. The van der Waals surface area contributed by atoms with Crippen LogP contribution >= 0.6 is 0 Å². The maximum Gasteiger partial charge on any atom is 0.214 e. The molecule has 0 bridgehead atoms. The minimum atomic E-state index is 0.882. The molecule has 0 saturated heterocycles. The summed E-state index contributed by atoms with van der Waals surface area (Å²) in [5.41, 5.74) is 7.30. The minimum absolute atomic E-state index is 0.882. The molecule has 4 aromatic rings. The molecule has 23 heavy (non-hydrogen) atoms. The number of hydrogen-bond donors (Lipinski definition) is 0. The van der Waals surface area contributed by atoms with Crippen LogP contribution in [0.25, 0.3) is 33.2 Å². The maximum atomic E-state index is 6.09. The van der Waals surface area contributed by atoms with Gasteiger partial charge in [-0.15, -0.1) is 0 Å². The van der Waals surface area contributed by atoms with Gasteiger partial charge in [0.1, 0.15) is 12.6 Å². The first-order valence-electron chi connectivity index (χ1n) is 7.81. The van der Waals surface area contributed by atoms with Crippen molar-refractivity contribution in [2.45, 2.75) is 20.8 Å². The molecule has 0 fully saturated rings. The van der Waals surface area contributed by atoms with Crippen molar-refractivity contribution < 1.29 is 8.98 Å². The van der Waals surface area contributed by atoms with Gasteiger partial charge in [-0.25, -0.2) is 4.57 Å². The van der Waals surface area contributed by atoms with E-state index in [9.17, 15) is 0 Å². The van der Waals surface area contributed by atoms with Crippen LogP contribution in [0.15, 0.2) is 47.0 Å². The number of para-hydroxylation sites is 1. The summed E-state index contributed by atoms with van der Waals surface area (Å²) in [6, 6.07) is 12.5. The Balaban J connectivity index is 2.21. The second kappa shape index (κ2) is 4.92. The Kier molecular flexibility index (Phi) is 2.98. The van der Waals surface area contributed by atoms with E-state index in [4.69, 9.17) is 9.40 Å². The molecule has 114 valence electrons. The summed E-state index contributed by atoms with van der Waals surface area (Å²) in [4.78, 5) is 4.73. The summed E-state index contributed by atoms with van der Waals surface area (Å²) in [5.74, 6) is 0. The summed E-state index contributed by atoms with van der Waals surface area (Å²) < 4.78 is 8.25. The van der Waals surface area contributed by atoms with Crippen LogP contribution in [0.1, 0.15) is 17.0 Å². The quantitative estimate of drug-likeness (QED) is 0.488. The largest absolute Gasteiger partial charge is 0.454 e. The molecule has 0 aliphatic heterocycles. The van der Waals surface area contributed by atoms with Crippen molar-refractivity contribution in [3.8, 4) is 11.3 Å². The van der Waals surface area contributed by atoms with Crippen LogP contribution in [-0.2, 0) is 7.05 Å². The second-order valence-corrected chi connectivity index (χ2v) is 6.16. The van der Waals surface area contributed by atoms with E-state index in [0.29, 0.717) is 0 Å². The number of furan rings is 1. The van der Waals surface area contributed by atoms with Crippen LogP contribution < -0.4 is 4.57 Å². The molecule has 0 spiro atoms. The lowest BCUT2D eigenvalue weighted by molar-refractivity contribution is -0.660. The SMILES string of the molecule is Cc1ccc(-c2c(C)nc(C)c3oc4ccccc4c23)[n+](C)c1. The van der Waals surface area contributed by atoms with Crippen LogP contribution in [-0.4, -0.2) is 4.98 Å². The summed E-state index contributed by atoms with van der Waals surface area (Å²) in [5, 5.41) is 2.30. The van der Waals surface area contributed by atoms with Gasteiger partial charge in [0.05, 0.1) is 17.0 Å². The zero-order valence-corrected chi connectivity index (χ0v) is 13.8. The van der Waals surface area contributed by atoms with E-state index in [1.807, 2.05) is 19.1 Å². The molecule has 0 radical (unpaired) electrons. The van der Waals surface area contributed by atoms with E-state index in [0.717, 1.165) is 44.6 Å². The van der Waals surface area contributed by atoms with Crippen LogP contribution in [0.4, 0.5) is 0 Å². The minimum Gasteiger partial charge on any atom is -0.454 e. The Hall–Kier alpha value is -2.68. The third-order valence-electron chi connectivity index (χ3n) is 4.41. The number of rotatable bonds is 1. The molecular weight excluding hydrogens is 284 g/mol. The molecule has 0 saturated carbocycles. The van der Waals surface area contributed by atoms with Gasteiger partial charge in [-0.3, -0.25) is 4.98 Å². The Labute approximate surface area is 135 Å². The number of aromatic nitrogens is 2. The smallest absolute Gasteiger partial charge is 0.214 e. The lowest BCUT2D eigenvalue weighted by atomic mass is 10.0. The molecule has 0 aliphatic carbocycles. The first-order chi connectivity index (χ1) is 11.1. The van der Waals surface area contributed by atoms with E-state index in [-0.39, 0.29) is 0 Å². The van der Waals surface area contributed by atoms with Gasteiger partial charge in [0.25, 0.3) is 0 Å². The van der Waals surface area contributed by atoms with Crippen molar-refractivity contribution in [3.63, 3.8) is 0 Å². The first kappa shape index (κ1) is 13.9. The van der Waals surface area contributed by atoms with Gasteiger partial charge < -0.3 is 4.42 Å². The Bertz CT molecular complexity index is 1060. The molecular formula is C20H19N2O+. The third-order valence-corrected chi connectivity index (χ3v) is 4.41. The molecule has 3 heterocycles. The van der Waals surface area contributed by atoms with Crippen molar-refractivity contribution in [1.82, 2.24) is 4.98 Å². The molecule has 3 nitrogen and oxygen atoms in total. The van der Waals surface area contributed by atoms with E-state index in [1.165, 1.54) is 5.56 Å². The summed E-state index contributed by atoms with van der Waals surface area (Å²) >= 11 is 0. The number of pyridine rings is 2. The van der Waals surface area contributed by atoms with Crippen molar-refractivity contribution >= 4 is 21.9 Å². The standard InChI is InChI=1S/C20H19N2O/c1-12-9-10-16(22(4)11-12)18-13(2)21-14(3)20-19(18)15-7-5-6-8-17(15)23-20/h5-11H,1-4H3/q+1. The van der Waals surface area contributed by atoms with Gasteiger partial charge in [0.15, 0.2) is 11.8 Å². The van der Waals surface area contributed by atoms with Gasteiger partial charge in [0.2, 0.25) is 5.69 Å². The molecule has 0 atom stereocenters. The number of nitrogens with zero attached hydrogens (tertiary/aromatic N) is 2. The molecule has 1 aromatic carbocycles. The highest BCUT2D eigenvalue weighted by Crippen LogP contribution is 2.38. The average Bonchev–Trinajstić information content (AvgIpc) is 2.89. The zero-order valence-electron chi connectivity index (χ0n) is 13.8. The predicted molar refractivity (Wildman–Crippen MR) is 92.3 cm³/mol. The van der Waals surface area contributed by atoms with Gasteiger partial charge in [-0.1, -0.05) is 18.2 Å². The first-order valence-corrected chi connectivity index (χ1v) is 7.81. The maximum absolute atomic E-state index is 6.09. The highest BCUT2D eigenvalue weighted by atomic mass is 16.3. The third kappa shape index (κ3) is 2.04. The zero-order chi connectivity index (χ0) is 16.1. The monoisotopic (exact) mass is 303 g/mol. The van der Waals surface area contributed by atoms with Gasteiger partial charge in [-0.2, -0.15) is 0 Å². The van der Waals surface area contributed by atoms with Crippen molar-refractivity contribution in [1.29, 1.82) is 0 Å². The van der Waals surface area contributed by atoms with E-state index in [2.05, 4.69) is 55.9 Å². The van der Waals surface area contributed by atoms with Gasteiger partial charge in [-0.05, 0) is 32.9 Å². The molecule has 0 unspecified atom stereocenters. The highest BCUT2D eigenvalue weighted by Gasteiger charge is 2.22. The fourth-order valence-corrected chi connectivity index (χ4v) is 3.41. The number of benzene rings is 1. The van der Waals surface area contributed by atoms with Crippen LogP contribution in [0, 0.1) is 20.8 Å². The lowest BCUT2D eigenvalue weighted by Gasteiger charge is -2.08. The second-order valence-electron chi connectivity index (χ2n) is 6.16. The summed E-state index contributed by atoms with van der Waals surface area (Å²) in [7, 11) is 2.08. The topological polar surface area (TPSA) is 29.9 Å². The summed E-state index contributed by atoms with van der Waals surface area (Å²) in [6.07, 6.45) is 2.14. The van der Waals surface area contributed by atoms with Crippen molar-refractivity contribution in [2.24, 2.45) is 7.05 Å². The van der Waals surface area contributed by atoms with Crippen molar-refractivity contribution in [3.05, 3.63) is 59.5 Å². The van der Waals surface area contributed by atoms with E-state index >= 15 is 0 Å². The van der Waals surface area contributed by atoms with E-state index < -0.39 is 0 Å². The number of aryl methyl sites for hydroxylation is 4. The molecule has 3 heteroatoms. The molecule has 4 rings (SSSR count). The molecule has 3 aromatic heterocycles. The Morgan fingerprint density at radius 1 is 0.957 bits per heavy atom. The van der Waals surface area contributed by atoms with E-state index in [1.54, 1.807) is 0 Å². The van der Waals surface area contributed by atoms with Crippen LogP contribution in [0.3, 0.4) is 0 Å².